The lowest BCUT2D eigenvalue weighted by molar-refractivity contribution is -0.140. The van der Waals surface area contributed by atoms with Gasteiger partial charge in [0.1, 0.15) is 11.5 Å². The molecule has 2 aliphatic heterocycles. The lowest BCUT2D eigenvalue weighted by Crippen LogP contribution is -2.53. The van der Waals surface area contributed by atoms with E-state index in [-0.39, 0.29) is 29.9 Å². The summed E-state index contributed by atoms with van der Waals surface area (Å²) in [6.45, 7) is 2.28. The van der Waals surface area contributed by atoms with Gasteiger partial charge in [-0.05, 0) is 55.0 Å². The molecule has 1 N–H and O–H groups in total. The Morgan fingerprint density at radius 1 is 0.933 bits per heavy atom. The number of fused-ring (bicyclic) bond motifs is 4. The SMILES string of the molecule is CCCN1C(=O)[C@H]2[C@H](CC=C3[C@H]2C[C@H]2C(=O)N(c4cccc(Cl)c4)C(=O)[C@@]2(c2ccccc2)[C@H]3c2ccc(O)cc2OC)C1=O. The summed E-state index contributed by atoms with van der Waals surface area (Å²) in [4.78, 5) is 60.0. The molecular formula is C36H33ClN2O6. The van der Waals surface area contributed by atoms with E-state index in [9.17, 15) is 19.5 Å². The van der Waals surface area contributed by atoms with E-state index < -0.39 is 40.9 Å². The summed E-state index contributed by atoms with van der Waals surface area (Å²) < 4.78 is 5.81. The molecule has 0 bridgehead atoms. The Hall–Kier alpha value is -4.43. The van der Waals surface area contributed by atoms with Gasteiger partial charge in [-0.15, -0.1) is 0 Å². The summed E-state index contributed by atoms with van der Waals surface area (Å²) in [6, 6.07) is 20.8. The van der Waals surface area contributed by atoms with Gasteiger partial charge in [-0.1, -0.05) is 72.6 Å². The Kier molecular flexibility index (Phi) is 7.08. The Labute approximate surface area is 266 Å². The molecule has 4 aliphatic rings. The Morgan fingerprint density at radius 2 is 1.71 bits per heavy atom. The molecule has 2 aliphatic carbocycles. The van der Waals surface area contributed by atoms with Gasteiger partial charge in [0.2, 0.25) is 23.6 Å². The number of hydrogen-bond donors (Lipinski definition) is 1. The van der Waals surface area contributed by atoms with Crippen LogP contribution in [0.4, 0.5) is 5.69 Å². The molecule has 4 amide bonds. The van der Waals surface area contributed by atoms with Crippen LogP contribution in [0.5, 0.6) is 11.5 Å². The van der Waals surface area contributed by atoms with Crippen molar-refractivity contribution >= 4 is 40.9 Å². The maximum atomic E-state index is 15.2. The van der Waals surface area contributed by atoms with E-state index in [4.69, 9.17) is 16.3 Å². The van der Waals surface area contributed by atoms with Crippen molar-refractivity contribution in [1.29, 1.82) is 0 Å². The van der Waals surface area contributed by atoms with E-state index in [0.717, 1.165) is 5.57 Å². The Balaban J connectivity index is 1.51. The largest absolute Gasteiger partial charge is 0.508 e. The quantitative estimate of drug-likeness (QED) is 0.282. The van der Waals surface area contributed by atoms with Crippen molar-refractivity contribution < 1.29 is 29.0 Å². The second-order valence-electron chi connectivity index (χ2n) is 12.3. The van der Waals surface area contributed by atoms with Gasteiger partial charge in [0.25, 0.3) is 0 Å². The van der Waals surface area contributed by atoms with Crippen LogP contribution in [0, 0.1) is 23.7 Å². The van der Waals surface area contributed by atoms with E-state index in [2.05, 4.69) is 0 Å². The van der Waals surface area contributed by atoms with Gasteiger partial charge in [-0.25, -0.2) is 4.90 Å². The number of carbonyl (C=O) groups excluding carboxylic acids is 4. The molecule has 2 heterocycles. The molecule has 7 rings (SSSR count). The van der Waals surface area contributed by atoms with Crippen LogP contribution in [-0.4, -0.2) is 47.3 Å². The molecule has 1 saturated carbocycles. The highest BCUT2D eigenvalue weighted by molar-refractivity contribution is 6.32. The molecule has 3 aromatic carbocycles. The third kappa shape index (κ3) is 4.11. The van der Waals surface area contributed by atoms with Crippen molar-refractivity contribution in [2.75, 3.05) is 18.6 Å². The predicted octanol–water partition coefficient (Wildman–Crippen LogP) is 5.63. The molecule has 2 saturated heterocycles. The molecule has 0 aromatic heterocycles. The monoisotopic (exact) mass is 624 g/mol. The van der Waals surface area contributed by atoms with Crippen LogP contribution in [-0.2, 0) is 24.6 Å². The van der Waals surface area contributed by atoms with Crippen LogP contribution in [0.3, 0.4) is 0 Å². The van der Waals surface area contributed by atoms with Crippen LogP contribution in [0.15, 0.2) is 84.4 Å². The normalized spacial score (nSPS) is 29.0. The lowest BCUT2D eigenvalue weighted by atomic mass is 9.49. The molecule has 45 heavy (non-hydrogen) atoms. The van der Waals surface area contributed by atoms with Crippen LogP contribution in [0.2, 0.25) is 5.02 Å². The molecule has 0 radical (unpaired) electrons. The summed E-state index contributed by atoms with van der Waals surface area (Å²) in [7, 11) is 1.50. The first-order valence-electron chi connectivity index (χ1n) is 15.4. The smallest absolute Gasteiger partial charge is 0.246 e. The molecular weight excluding hydrogens is 592 g/mol. The number of likely N-dealkylation sites (tertiary alicyclic amines) is 1. The number of halogens is 1. The van der Waals surface area contributed by atoms with E-state index >= 15 is 4.79 Å². The number of methoxy groups -OCH3 is 1. The zero-order valence-corrected chi connectivity index (χ0v) is 25.7. The van der Waals surface area contributed by atoms with Gasteiger partial charge in [-0.2, -0.15) is 0 Å². The number of rotatable bonds is 6. The maximum absolute atomic E-state index is 15.2. The molecule has 0 spiro atoms. The fourth-order valence-electron chi connectivity index (χ4n) is 8.54. The second-order valence-corrected chi connectivity index (χ2v) is 12.8. The summed E-state index contributed by atoms with van der Waals surface area (Å²) in [5.41, 5.74) is 1.09. The maximum Gasteiger partial charge on any atom is 0.246 e. The molecule has 8 nitrogen and oxygen atoms in total. The first-order valence-corrected chi connectivity index (χ1v) is 15.7. The van der Waals surface area contributed by atoms with E-state index in [1.165, 1.54) is 23.0 Å². The lowest BCUT2D eigenvalue weighted by Gasteiger charge is -2.51. The van der Waals surface area contributed by atoms with Gasteiger partial charge in [-0.3, -0.25) is 24.1 Å². The Bertz CT molecular complexity index is 1770. The van der Waals surface area contributed by atoms with Gasteiger partial charge in [0.05, 0.1) is 36.0 Å². The summed E-state index contributed by atoms with van der Waals surface area (Å²) in [5.74, 6) is -4.00. The fraction of sp³-hybridized carbons (Fsp3) is 0.333. The number of ether oxygens (including phenoxy) is 1. The standard InChI is InChI=1S/C36H33ClN2O6/c1-3-16-38-32(41)26-15-14-24-27(30(26)34(38)43)19-28-33(42)39(22-11-7-10-21(37)17-22)35(44)36(28,20-8-5-4-6-9-20)31(24)25-13-12-23(40)18-29(25)45-2/h4-14,17-18,26-28,30-31,40H,3,15-16,19H2,1-2H3/t26-,27+,28-,30-,31+,36+/m0/s1. The minimum Gasteiger partial charge on any atom is -0.508 e. The number of anilines is 1. The van der Waals surface area contributed by atoms with Crippen molar-refractivity contribution in [1.82, 2.24) is 4.90 Å². The first-order chi connectivity index (χ1) is 21.7. The average Bonchev–Trinajstić information content (AvgIpc) is 3.42. The molecule has 230 valence electrons. The molecule has 6 atom stereocenters. The number of allylic oxidation sites excluding steroid dienone is 2. The highest BCUT2D eigenvalue weighted by Gasteiger charge is 2.70. The molecule has 9 heteroatoms. The topological polar surface area (TPSA) is 104 Å². The Morgan fingerprint density at radius 3 is 2.42 bits per heavy atom. The van der Waals surface area contributed by atoms with Crippen LogP contribution < -0.4 is 9.64 Å². The number of amides is 4. The van der Waals surface area contributed by atoms with E-state index in [1.54, 1.807) is 36.4 Å². The zero-order chi connectivity index (χ0) is 31.6. The number of hydrogen-bond acceptors (Lipinski definition) is 6. The molecule has 3 aromatic rings. The van der Waals surface area contributed by atoms with Crippen LogP contribution >= 0.6 is 11.6 Å². The first kappa shape index (κ1) is 29.3. The van der Waals surface area contributed by atoms with Crippen LogP contribution in [0.1, 0.15) is 43.2 Å². The van der Waals surface area contributed by atoms with Gasteiger partial charge >= 0.3 is 0 Å². The number of phenolic OH excluding ortho intramolecular Hbond substituents is 1. The third-order valence-electron chi connectivity index (χ3n) is 10.2. The third-order valence-corrected chi connectivity index (χ3v) is 10.5. The van der Waals surface area contributed by atoms with Crippen molar-refractivity contribution in [3.63, 3.8) is 0 Å². The van der Waals surface area contributed by atoms with Crippen LogP contribution in [0.25, 0.3) is 0 Å². The molecule has 0 unspecified atom stereocenters. The zero-order valence-electron chi connectivity index (χ0n) is 25.0. The number of imide groups is 2. The van der Waals surface area contributed by atoms with E-state index in [0.29, 0.717) is 47.0 Å². The number of aromatic hydroxyl groups is 1. The number of nitrogens with zero attached hydrogens (tertiary/aromatic N) is 2. The van der Waals surface area contributed by atoms with Gasteiger partial charge < -0.3 is 9.84 Å². The van der Waals surface area contributed by atoms with Crippen molar-refractivity contribution in [3.05, 3.63) is 101 Å². The van der Waals surface area contributed by atoms with Gasteiger partial charge in [0.15, 0.2) is 0 Å². The fourth-order valence-corrected chi connectivity index (χ4v) is 8.72. The number of phenols is 1. The predicted molar refractivity (Wildman–Crippen MR) is 168 cm³/mol. The average molecular weight is 625 g/mol. The summed E-state index contributed by atoms with van der Waals surface area (Å²) in [5, 5.41) is 10.8. The second kappa shape index (κ2) is 10.9. The number of benzene rings is 3. The van der Waals surface area contributed by atoms with Crippen molar-refractivity contribution in [3.8, 4) is 11.5 Å². The minimum atomic E-state index is -1.41. The summed E-state index contributed by atoms with van der Waals surface area (Å²) in [6.07, 6.45) is 3.24. The van der Waals surface area contributed by atoms with E-state index in [1.807, 2.05) is 43.3 Å². The van der Waals surface area contributed by atoms with Gasteiger partial charge in [0, 0.05) is 29.1 Å². The van der Waals surface area contributed by atoms with Crippen molar-refractivity contribution in [2.24, 2.45) is 23.7 Å². The minimum absolute atomic E-state index is 0.00730. The number of carbonyl (C=O) groups is 4. The summed E-state index contributed by atoms with van der Waals surface area (Å²) >= 11 is 6.36. The molecule has 3 fully saturated rings. The van der Waals surface area contributed by atoms with Crippen molar-refractivity contribution in [2.45, 2.75) is 37.5 Å². The highest BCUT2D eigenvalue weighted by atomic mass is 35.5. The highest BCUT2D eigenvalue weighted by Crippen LogP contribution is 2.65.